The summed E-state index contributed by atoms with van der Waals surface area (Å²) in [6.45, 7) is 2.45. The molecule has 1 fully saturated rings. The van der Waals surface area contributed by atoms with E-state index in [9.17, 15) is 9.59 Å². The Kier molecular flexibility index (Phi) is 4.57. The maximum Gasteiger partial charge on any atom is 0.316 e. The van der Waals surface area contributed by atoms with E-state index in [4.69, 9.17) is 20.4 Å². The molecule has 0 aliphatic carbocycles. The number of carbonyl (C=O) groups excluding carboxylic acids is 2. The van der Waals surface area contributed by atoms with Crippen molar-refractivity contribution in [2.45, 2.75) is 18.7 Å². The molecule has 0 aromatic carbocycles. The zero-order chi connectivity index (χ0) is 12.3. The third-order valence-corrected chi connectivity index (χ3v) is 3.15. The number of likely N-dealkylation sites (tertiary alicyclic amines) is 1. The van der Waals surface area contributed by atoms with Crippen LogP contribution in [0, 0.1) is 5.92 Å². The Morgan fingerprint density at radius 1 is 1.69 bits per heavy atom. The molecule has 0 amide bonds. The predicted octanol–water partition coefficient (Wildman–Crippen LogP) is -0.736. The van der Waals surface area contributed by atoms with Crippen LogP contribution in [-0.4, -0.2) is 57.1 Å². The molecule has 1 saturated heterocycles. The van der Waals surface area contributed by atoms with Crippen LogP contribution in [0.2, 0.25) is 0 Å². The molecule has 16 heavy (non-hydrogen) atoms. The molecule has 0 spiro atoms. The zero-order valence-electron chi connectivity index (χ0n) is 9.31. The van der Waals surface area contributed by atoms with Gasteiger partial charge in [-0.05, 0) is 19.9 Å². The lowest BCUT2D eigenvalue weighted by Gasteiger charge is -2.43. The van der Waals surface area contributed by atoms with Crippen LogP contribution in [-0.2, 0) is 14.3 Å². The molecule has 0 aromatic heterocycles. The van der Waals surface area contributed by atoms with Crippen LogP contribution in [0.3, 0.4) is 0 Å². The van der Waals surface area contributed by atoms with Gasteiger partial charge >= 0.3 is 5.97 Å². The van der Waals surface area contributed by atoms with Gasteiger partial charge in [-0.25, -0.2) is 0 Å². The van der Waals surface area contributed by atoms with Crippen LogP contribution in [0.15, 0.2) is 0 Å². The van der Waals surface area contributed by atoms with Gasteiger partial charge in [-0.15, -0.1) is 9.24 Å². The molecule has 84 valence electrons. The highest BCUT2D eigenvalue weighted by atomic mass is 31.0. The second kappa shape index (κ2) is 5.33. The quantitative estimate of drug-likeness (QED) is 0.281. The molecule has 0 bridgehead atoms. The molecule has 7 heteroatoms. The Hall–Kier alpha value is -0.340. The summed E-state index contributed by atoms with van der Waals surface area (Å²) in [5, 5.41) is -1.57. The molecule has 4 radical (unpaired) electrons. The van der Waals surface area contributed by atoms with E-state index in [1.54, 1.807) is 11.8 Å². The third kappa shape index (κ3) is 2.49. The number of nitrogens with zero attached hydrogens (tertiary/aromatic N) is 1. The maximum absolute atomic E-state index is 11.9. The summed E-state index contributed by atoms with van der Waals surface area (Å²) in [4.78, 5) is 25.1. The van der Waals surface area contributed by atoms with Gasteiger partial charge in [-0.2, -0.15) is 0 Å². The summed E-state index contributed by atoms with van der Waals surface area (Å²) in [5.74, 6) is -1.83. The second-order valence-corrected chi connectivity index (χ2v) is 4.09. The standard InChI is InChI=1S/C9H14B2NO3P/c1-2-15-8(14)6-3-4-12(5-16)9(10,11)7(6)13/h6H,2-5,16H2,1H3. The Labute approximate surface area is 100 Å². The minimum atomic E-state index is -1.57. The molecule has 0 N–H and O–H groups in total. The van der Waals surface area contributed by atoms with Crippen LogP contribution < -0.4 is 0 Å². The third-order valence-electron chi connectivity index (χ3n) is 2.71. The fraction of sp³-hybridized carbons (Fsp3) is 0.778. The van der Waals surface area contributed by atoms with Gasteiger partial charge < -0.3 is 9.64 Å². The van der Waals surface area contributed by atoms with Gasteiger partial charge in [-0.1, -0.05) is 0 Å². The number of hydrogen-bond acceptors (Lipinski definition) is 4. The number of ether oxygens (including phenoxy) is 1. The number of hydrogen-bond donors (Lipinski definition) is 0. The van der Waals surface area contributed by atoms with Gasteiger partial charge in [0.05, 0.1) is 22.3 Å². The number of carbonyl (C=O) groups is 2. The molecule has 4 nitrogen and oxygen atoms in total. The van der Waals surface area contributed by atoms with Gasteiger partial charge in [0.2, 0.25) is 0 Å². The number of ketones is 1. The van der Waals surface area contributed by atoms with E-state index in [0.29, 0.717) is 19.3 Å². The molecular weight excluding hydrogens is 223 g/mol. The highest BCUT2D eigenvalue weighted by Crippen LogP contribution is 2.25. The lowest BCUT2D eigenvalue weighted by atomic mass is 9.54. The molecule has 1 rings (SSSR count). The Bertz CT molecular complexity index is 298. The van der Waals surface area contributed by atoms with Crippen molar-refractivity contribution in [1.29, 1.82) is 0 Å². The van der Waals surface area contributed by atoms with E-state index < -0.39 is 23.0 Å². The Morgan fingerprint density at radius 2 is 2.31 bits per heavy atom. The zero-order valence-corrected chi connectivity index (χ0v) is 10.5. The van der Waals surface area contributed by atoms with Crippen LogP contribution in [0.5, 0.6) is 0 Å². The SMILES string of the molecule is [B]C1([B])C(=O)C(C(=O)OCC)CCN1CP. The molecule has 1 aliphatic rings. The summed E-state index contributed by atoms with van der Waals surface area (Å²) in [7, 11) is 13.9. The number of Topliss-reactive ketones (excluding diaryl/α,β-unsaturated/α-hetero) is 1. The van der Waals surface area contributed by atoms with Gasteiger partial charge in [-0.3, -0.25) is 9.59 Å². The van der Waals surface area contributed by atoms with Crippen LogP contribution in [0.4, 0.5) is 0 Å². The molecule has 2 atom stereocenters. The van der Waals surface area contributed by atoms with Crippen molar-refractivity contribution in [3.63, 3.8) is 0 Å². The van der Waals surface area contributed by atoms with Crippen molar-refractivity contribution in [2.24, 2.45) is 5.92 Å². The van der Waals surface area contributed by atoms with Gasteiger partial charge in [0.25, 0.3) is 0 Å². The first-order valence-corrected chi connectivity index (χ1v) is 6.00. The Morgan fingerprint density at radius 3 is 2.81 bits per heavy atom. The normalized spacial score (nSPS) is 25.4. The van der Waals surface area contributed by atoms with Crippen molar-refractivity contribution in [1.82, 2.24) is 4.90 Å². The molecule has 1 aliphatic heterocycles. The summed E-state index contributed by atoms with van der Waals surface area (Å²) in [6.07, 6.45) is 0.899. The van der Waals surface area contributed by atoms with E-state index >= 15 is 0 Å². The summed E-state index contributed by atoms with van der Waals surface area (Å²) in [6, 6.07) is 0. The van der Waals surface area contributed by atoms with Gasteiger partial charge in [0.1, 0.15) is 11.7 Å². The van der Waals surface area contributed by atoms with Crippen LogP contribution in [0.25, 0.3) is 0 Å². The van der Waals surface area contributed by atoms with Gasteiger partial charge in [0, 0.05) is 11.6 Å². The largest absolute Gasteiger partial charge is 0.465 e. The highest BCUT2D eigenvalue weighted by Gasteiger charge is 2.44. The first-order chi connectivity index (χ1) is 7.45. The number of piperidine rings is 1. The molecule has 2 unspecified atom stereocenters. The number of esters is 1. The van der Waals surface area contributed by atoms with E-state index in [2.05, 4.69) is 9.24 Å². The van der Waals surface area contributed by atoms with Crippen LogP contribution in [0.1, 0.15) is 13.3 Å². The number of rotatable bonds is 3. The van der Waals surface area contributed by atoms with Crippen molar-refractivity contribution in [3.8, 4) is 0 Å². The first kappa shape index (κ1) is 13.7. The average molecular weight is 237 g/mol. The van der Waals surface area contributed by atoms with Gasteiger partial charge in [0.15, 0.2) is 0 Å². The minimum absolute atomic E-state index is 0.248. The van der Waals surface area contributed by atoms with Crippen molar-refractivity contribution in [2.75, 3.05) is 19.4 Å². The fourth-order valence-corrected chi connectivity index (χ4v) is 2.23. The fourth-order valence-electron chi connectivity index (χ4n) is 1.75. The van der Waals surface area contributed by atoms with E-state index in [0.717, 1.165) is 0 Å². The smallest absolute Gasteiger partial charge is 0.316 e. The first-order valence-electron chi connectivity index (χ1n) is 5.19. The highest BCUT2D eigenvalue weighted by molar-refractivity contribution is 7.16. The van der Waals surface area contributed by atoms with E-state index in [1.165, 1.54) is 0 Å². The minimum Gasteiger partial charge on any atom is -0.465 e. The molecule has 0 saturated carbocycles. The summed E-state index contributed by atoms with van der Waals surface area (Å²) < 4.78 is 4.82. The monoisotopic (exact) mass is 237 g/mol. The van der Waals surface area contributed by atoms with Crippen LogP contribution >= 0.6 is 9.24 Å². The lowest BCUT2D eigenvalue weighted by Crippen LogP contribution is -2.62. The average Bonchev–Trinajstić information content (AvgIpc) is 2.22. The lowest BCUT2D eigenvalue weighted by molar-refractivity contribution is -0.154. The predicted molar refractivity (Wildman–Crippen MR) is 65.3 cm³/mol. The maximum atomic E-state index is 11.9. The second-order valence-electron chi connectivity index (χ2n) is 3.73. The van der Waals surface area contributed by atoms with E-state index in [-0.39, 0.29) is 6.61 Å². The topological polar surface area (TPSA) is 46.6 Å². The molecule has 0 aromatic rings. The van der Waals surface area contributed by atoms with Crippen molar-refractivity contribution in [3.05, 3.63) is 0 Å². The summed E-state index contributed by atoms with van der Waals surface area (Å²) in [5.41, 5.74) is 0. The molecule has 1 heterocycles. The van der Waals surface area contributed by atoms with Crippen molar-refractivity contribution < 1.29 is 14.3 Å². The molecular formula is C9H14B2NO3P. The Balaban J connectivity index is 2.80. The summed E-state index contributed by atoms with van der Waals surface area (Å²) >= 11 is 0. The van der Waals surface area contributed by atoms with Crippen molar-refractivity contribution >= 4 is 36.7 Å². The van der Waals surface area contributed by atoms with E-state index in [1.807, 2.05) is 0 Å².